The number of pyridine rings is 1. The number of alkyl halides is 1. The van der Waals surface area contributed by atoms with E-state index in [4.69, 9.17) is 20.6 Å². The molecule has 0 bridgehead atoms. The van der Waals surface area contributed by atoms with Crippen LogP contribution in [0.25, 0.3) is 15.7 Å². The first-order valence-corrected chi connectivity index (χ1v) is 15.8. The maximum Gasteiger partial charge on any atom is 0.159 e. The predicted molar refractivity (Wildman–Crippen MR) is 172 cm³/mol. The number of rotatable bonds is 10. The molecular weight excluding hydrogens is 605 g/mol. The molecule has 0 amide bonds. The fourth-order valence-corrected chi connectivity index (χ4v) is 8.50. The first kappa shape index (κ1) is 30.9. The largest absolute Gasteiger partial charge is 0.389 e. The van der Waals surface area contributed by atoms with Crippen molar-refractivity contribution < 1.29 is 18.3 Å². The molecule has 0 spiro atoms. The molecule has 4 aliphatic rings. The number of ether oxygens (including phenoxy) is 2. The standard InChI is InChI=1S/C30H35F2N8O2PS/c1-15(34)8-38-29(36-2)23-19-12-41-11-18(19)21(24-22-17(7-33)28(35)44-27(22)20(32)9-37-24)26(43)25(23)39-14-42-13-30-4-3-5-40(30)10-16(31)6-30/h9,16,25,34,38-39H,2-6,8,10-14,35,43H2,1H3/b29-23+,34-15?. The van der Waals surface area contributed by atoms with Crippen LogP contribution in [0.15, 0.2) is 39.0 Å². The Morgan fingerprint density at radius 3 is 3.00 bits per heavy atom. The molecule has 44 heavy (non-hydrogen) atoms. The van der Waals surface area contributed by atoms with Crippen molar-refractivity contribution in [1.29, 1.82) is 10.7 Å². The van der Waals surface area contributed by atoms with Crippen LogP contribution in [-0.4, -0.2) is 86.3 Å². The van der Waals surface area contributed by atoms with Crippen LogP contribution in [0.4, 0.5) is 13.8 Å². The van der Waals surface area contributed by atoms with Crippen LogP contribution in [0.3, 0.4) is 0 Å². The van der Waals surface area contributed by atoms with E-state index in [1.165, 1.54) is 0 Å². The Bertz CT molecular complexity index is 1680. The van der Waals surface area contributed by atoms with Crippen molar-refractivity contribution in [3.8, 4) is 6.07 Å². The summed E-state index contributed by atoms with van der Waals surface area (Å²) in [5, 5.41) is 26.0. The first-order chi connectivity index (χ1) is 21.2. The Balaban J connectivity index is 1.42. The minimum atomic E-state index is -0.842. The summed E-state index contributed by atoms with van der Waals surface area (Å²) >= 11 is 1.02. The molecule has 1 aliphatic carbocycles. The highest BCUT2D eigenvalue weighted by Crippen LogP contribution is 2.48. The lowest BCUT2D eigenvalue weighted by atomic mass is 9.82. The summed E-state index contributed by atoms with van der Waals surface area (Å²) in [5.74, 6) is -0.0475. The number of nitrogens with one attached hydrogen (secondary N) is 3. The summed E-state index contributed by atoms with van der Waals surface area (Å²) in [6.07, 6.45) is 2.72. The normalized spacial score (nSPS) is 26.2. The third kappa shape index (κ3) is 5.27. The van der Waals surface area contributed by atoms with Crippen molar-refractivity contribution in [1.82, 2.24) is 20.5 Å². The predicted octanol–water partition coefficient (Wildman–Crippen LogP) is 3.87. The lowest BCUT2D eigenvalue weighted by Gasteiger charge is -2.34. The molecule has 0 radical (unpaired) electrons. The average molecular weight is 641 g/mol. The topological polar surface area (TPSA) is 145 Å². The lowest BCUT2D eigenvalue weighted by molar-refractivity contribution is 0.0254. The number of aliphatic imine (C=N–C) groups is 1. The maximum absolute atomic E-state index is 14.9. The molecule has 2 saturated heterocycles. The lowest BCUT2D eigenvalue weighted by Crippen LogP contribution is -2.44. The van der Waals surface area contributed by atoms with Crippen molar-refractivity contribution in [2.45, 2.75) is 43.9 Å². The monoisotopic (exact) mass is 640 g/mol. The number of hydrogen-bond acceptors (Lipinski definition) is 11. The van der Waals surface area contributed by atoms with E-state index in [9.17, 15) is 14.0 Å². The van der Waals surface area contributed by atoms with Gasteiger partial charge in [-0.25, -0.2) is 13.8 Å². The Hall–Kier alpha value is -3.11. The number of nitrogens with two attached hydrogens (primary N) is 1. The minimum Gasteiger partial charge on any atom is -0.389 e. The number of nitriles is 1. The molecule has 4 unspecified atom stereocenters. The summed E-state index contributed by atoms with van der Waals surface area (Å²) in [6.45, 7) is 8.23. The molecule has 4 atom stereocenters. The third-order valence-electron chi connectivity index (χ3n) is 8.87. The molecule has 2 aromatic heterocycles. The van der Waals surface area contributed by atoms with Crippen LogP contribution < -0.4 is 16.4 Å². The van der Waals surface area contributed by atoms with Gasteiger partial charge in [-0.1, -0.05) is 0 Å². The molecule has 0 saturated carbocycles. The van der Waals surface area contributed by atoms with Gasteiger partial charge in [0.2, 0.25) is 0 Å². The second-order valence-electron chi connectivity index (χ2n) is 11.7. The van der Waals surface area contributed by atoms with Gasteiger partial charge in [0.15, 0.2) is 5.82 Å². The number of nitrogens with zero attached hydrogens (tertiary/aromatic N) is 4. The Kier molecular flexibility index (Phi) is 8.67. The van der Waals surface area contributed by atoms with Crippen molar-refractivity contribution in [3.63, 3.8) is 0 Å². The van der Waals surface area contributed by atoms with E-state index >= 15 is 0 Å². The Morgan fingerprint density at radius 1 is 1.45 bits per heavy atom. The summed E-state index contributed by atoms with van der Waals surface area (Å²) in [7, 11) is 2.80. The number of fused-ring (bicyclic) bond motifs is 2. The number of nitrogen functional groups attached to an aromatic ring is 1. The summed E-state index contributed by atoms with van der Waals surface area (Å²) in [6, 6.07) is 1.64. The number of halogens is 2. The molecule has 14 heteroatoms. The van der Waals surface area contributed by atoms with E-state index in [2.05, 4.69) is 47.5 Å². The number of anilines is 1. The van der Waals surface area contributed by atoms with Gasteiger partial charge in [-0.2, -0.15) is 5.26 Å². The molecule has 6 rings (SSSR count). The zero-order valence-electron chi connectivity index (χ0n) is 24.4. The maximum atomic E-state index is 14.9. The molecule has 2 fully saturated rings. The van der Waals surface area contributed by atoms with Crippen LogP contribution in [0.5, 0.6) is 0 Å². The number of aromatic nitrogens is 1. The summed E-state index contributed by atoms with van der Waals surface area (Å²) in [4.78, 5) is 11.0. The summed E-state index contributed by atoms with van der Waals surface area (Å²) in [5.41, 5.74) is 10.1. The van der Waals surface area contributed by atoms with Crippen molar-refractivity contribution in [2.24, 2.45) is 4.99 Å². The quantitative estimate of drug-likeness (QED) is 0.133. The van der Waals surface area contributed by atoms with Crippen LogP contribution >= 0.6 is 20.6 Å². The van der Waals surface area contributed by atoms with E-state index in [1.54, 1.807) is 6.92 Å². The zero-order valence-corrected chi connectivity index (χ0v) is 26.4. The fourth-order valence-electron chi connectivity index (χ4n) is 6.98. The molecule has 232 valence electrons. The SMILES string of the molecule is C=N/C(NCC(C)=N)=C1/C2=C(COC2)C(c2ncc(F)c3sc(N)c(C#N)c23)=C(P)C1NCOCC12CCCN1CC(F)C2. The van der Waals surface area contributed by atoms with Crippen molar-refractivity contribution in [3.05, 3.63) is 51.1 Å². The van der Waals surface area contributed by atoms with Crippen molar-refractivity contribution >= 4 is 53.7 Å². The van der Waals surface area contributed by atoms with Crippen LogP contribution in [-0.2, 0) is 9.47 Å². The highest BCUT2D eigenvalue weighted by atomic mass is 32.1. The van der Waals surface area contributed by atoms with Gasteiger partial charge in [0.05, 0.1) is 61.3 Å². The summed E-state index contributed by atoms with van der Waals surface area (Å²) < 4.78 is 41.7. The van der Waals surface area contributed by atoms with E-state index in [0.29, 0.717) is 47.8 Å². The van der Waals surface area contributed by atoms with Gasteiger partial charge in [0.25, 0.3) is 0 Å². The molecule has 0 aromatic carbocycles. The molecule has 3 aliphatic heterocycles. The molecule has 5 heterocycles. The molecule has 5 N–H and O–H groups in total. The van der Waals surface area contributed by atoms with Gasteiger partial charge in [-0.15, -0.1) is 20.6 Å². The van der Waals surface area contributed by atoms with Crippen LogP contribution in [0, 0.1) is 22.6 Å². The second-order valence-corrected chi connectivity index (χ2v) is 13.3. The molecule has 2 aromatic rings. The minimum absolute atomic E-state index is 0.157. The Morgan fingerprint density at radius 2 is 2.25 bits per heavy atom. The molecule has 10 nitrogen and oxygen atoms in total. The number of hydrogen-bond donors (Lipinski definition) is 4. The van der Waals surface area contributed by atoms with Gasteiger partial charge in [-0.05, 0) is 49.5 Å². The van der Waals surface area contributed by atoms with Crippen molar-refractivity contribution in [2.75, 3.05) is 51.9 Å². The van der Waals surface area contributed by atoms with E-state index in [1.807, 2.05) is 0 Å². The third-order valence-corrected chi connectivity index (χ3v) is 10.5. The van der Waals surface area contributed by atoms with E-state index < -0.39 is 18.0 Å². The zero-order chi connectivity index (χ0) is 31.2. The van der Waals surface area contributed by atoms with Gasteiger partial charge >= 0.3 is 0 Å². The fraction of sp³-hybridized carbons (Fsp3) is 0.467. The van der Waals surface area contributed by atoms with Gasteiger partial charge in [0.1, 0.15) is 23.1 Å². The highest BCUT2D eigenvalue weighted by molar-refractivity contribution is 7.23. The van der Waals surface area contributed by atoms with Gasteiger partial charge in [0, 0.05) is 40.7 Å². The smallest absolute Gasteiger partial charge is 0.159 e. The second kappa shape index (κ2) is 12.4. The number of thiophene rings is 1. The Labute approximate surface area is 260 Å². The van der Waals surface area contributed by atoms with Crippen LogP contribution in [0.2, 0.25) is 0 Å². The average Bonchev–Trinajstić information content (AvgIpc) is 3.75. The highest BCUT2D eigenvalue weighted by Gasteiger charge is 2.49. The van der Waals surface area contributed by atoms with Crippen LogP contribution in [0.1, 0.15) is 37.4 Å². The van der Waals surface area contributed by atoms with E-state index in [-0.39, 0.29) is 47.3 Å². The molecular formula is C30H35F2N8O2PS. The van der Waals surface area contributed by atoms with Gasteiger partial charge in [-0.3, -0.25) is 15.2 Å². The van der Waals surface area contributed by atoms with Gasteiger partial charge < -0.3 is 25.9 Å². The first-order valence-electron chi connectivity index (χ1n) is 14.4. The van der Waals surface area contributed by atoms with E-state index in [0.717, 1.165) is 59.0 Å².